The van der Waals surface area contributed by atoms with Crippen LogP contribution >= 0.6 is 0 Å². The number of aromatic nitrogens is 1. The summed E-state index contributed by atoms with van der Waals surface area (Å²) >= 11 is 0. The number of hydrogen-bond acceptors (Lipinski definition) is 2. The maximum absolute atomic E-state index is 11.9. The summed E-state index contributed by atoms with van der Waals surface area (Å²) in [4.78, 5) is 26.4. The molecular weight excluding hydrogens is 302 g/mol. The summed E-state index contributed by atoms with van der Waals surface area (Å²) in [5.74, 6) is 0. The van der Waals surface area contributed by atoms with Gasteiger partial charge in [-0.15, -0.1) is 0 Å². The van der Waals surface area contributed by atoms with Crippen LogP contribution in [0, 0.1) is 6.92 Å². The number of H-pyrrole nitrogens is 1. The Hall–Kier alpha value is -2.30. The fraction of sp³-hybridized carbons (Fsp3) is 0.474. The van der Waals surface area contributed by atoms with E-state index >= 15 is 0 Å². The lowest BCUT2D eigenvalue weighted by Crippen LogP contribution is -2.43. The molecule has 1 saturated carbocycles. The summed E-state index contributed by atoms with van der Waals surface area (Å²) in [5.41, 5.74) is 2.66. The molecule has 0 aliphatic heterocycles. The molecule has 0 radical (unpaired) electrons. The summed E-state index contributed by atoms with van der Waals surface area (Å²) in [6.45, 7) is 2.41. The highest BCUT2D eigenvalue weighted by molar-refractivity contribution is 5.79. The van der Waals surface area contributed by atoms with Crippen molar-refractivity contribution in [3.8, 4) is 0 Å². The molecule has 3 N–H and O–H groups in total. The van der Waals surface area contributed by atoms with E-state index in [2.05, 4.69) is 21.7 Å². The van der Waals surface area contributed by atoms with Crippen molar-refractivity contribution in [1.29, 1.82) is 0 Å². The number of benzene rings is 1. The van der Waals surface area contributed by atoms with Crippen molar-refractivity contribution in [3.63, 3.8) is 0 Å². The van der Waals surface area contributed by atoms with Crippen molar-refractivity contribution in [1.82, 2.24) is 15.6 Å². The number of aryl methyl sites for hydroxylation is 1. The minimum absolute atomic E-state index is 0.0451. The molecule has 1 fully saturated rings. The van der Waals surface area contributed by atoms with E-state index in [4.69, 9.17) is 0 Å². The molecule has 3 rings (SSSR count). The fourth-order valence-corrected chi connectivity index (χ4v) is 3.32. The van der Waals surface area contributed by atoms with Gasteiger partial charge in [-0.25, -0.2) is 4.79 Å². The molecule has 1 heterocycles. The van der Waals surface area contributed by atoms with Gasteiger partial charge in [-0.3, -0.25) is 4.79 Å². The molecule has 1 aliphatic carbocycles. The van der Waals surface area contributed by atoms with E-state index in [1.165, 1.54) is 19.3 Å². The van der Waals surface area contributed by atoms with Crippen molar-refractivity contribution in [2.75, 3.05) is 6.54 Å². The predicted octanol–water partition coefficient (Wildman–Crippen LogP) is 3.01. The van der Waals surface area contributed by atoms with Gasteiger partial charge in [0.15, 0.2) is 0 Å². The standard InChI is InChI=1S/C19H25N3O2/c1-13-11-15-12-14(7-8-17(15)22-18(13)23)9-10-20-19(24)21-16-5-3-2-4-6-16/h7-8,11-12,16H,2-6,9-10H2,1H3,(H,22,23)(H2,20,21,24). The second kappa shape index (κ2) is 7.51. The van der Waals surface area contributed by atoms with Gasteiger partial charge in [-0.2, -0.15) is 0 Å². The first-order valence-electron chi connectivity index (χ1n) is 8.79. The number of aromatic amines is 1. The number of carbonyl (C=O) groups excluding carboxylic acids is 1. The summed E-state index contributed by atoms with van der Waals surface area (Å²) < 4.78 is 0. The minimum Gasteiger partial charge on any atom is -0.338 e. The van der Waals surface area contributed by atoms with Crippen molar-refractivity contribution in [3.05, 3.63) is 45.7 Å². The molecule has 128 valence electrons. The molecule has 0 spiro atoms. The largest absolute Gasteiger partial charge is 0.338 e. The first-order chi connectivity index (χ1) is 11.6. The van der Waals surface area contributed by atoms with Crippen LogP contribution in [0.2, 0.25) is 0 Å². The third-order valence-electron chi connectivity index (χ3n) is 4.73. The summed E-state index contributed by atoms with van der Waals surface area (Å²) in [6, 6.07) is 8.16. The molecule has 5 nitrogen and oxygen atoms in total. The molecule has 1 aliphatic rings. The lowest BCUT2D eigenvalue weighted by atomic mass is 9.96. The third-order valence-corrected chi connectivity index (χ3v) is 4.73. The van der Waals surface area contributed by atoms with Crippen LogP contribution in [0.25, 0.3) is 10.9 Å². The maximum atomic E-state index is 11.9. The van der Waals surface area contributed by atoms with Crippen LogP contribution in [0.3, 0.4) is 0 Å². The van der Waals surface area contributed by atoms with Crippen molar-refractivity contribution in [2.24, 2.45) is 0 Å². The normalized spacial score (nSPS) is 15.4. The van der Waals surface area contributed by atoms with Crippen LogP contribution in [-0.2, 0) is 6.42 Å². The summed E-state index contributed by atoms with van der Waals surface area (Å²) in [5, 5.41) is 7.02. The van der Waals surface area contributed by atoms with Crippen molar-refractivity contribution >= 4 is 16.9 Å². The monoisotopic (exact) mass is 327 g/mol. The van der Waals surface area contributed by atoms with E-state index < -0.39 is 0 Å². The van der Waals surface area contributed by atoms with Gasteiger partial charge in [0.2, 0.25) is 0 Å². The lowest BCUT2D eigenvalue weighted by Gasteiger charge is -2.22. The fourth-order valence-electron chi connectivity index (χ4n) is 3.32. The Kier molecular flexibility index (Phi) is 5.18. The van der Waals surface area contributed by atoms with Gasteiger partial charge in [0.25, 0.3) is 5.56 Å². The number of rotatable bonds is 4. The molecule has 0 unspecified atom stereocenters. The van der Waals surface area contributed by atoms with E-state index in [9.17, 15) is 9.59 Å². The average molecular weight is 327 g/mol. The number of fused-ring (bicyclic) bond motifs is 1. The lowest BCUT2D eigenvalue weighted by molar-refractivity contribution is 0.233. The Bertz CT molecular complexity index is 776. The molecule has 1 aromatic heterocycles. The Morgan fingerprint density at radius 1 is 1.21 bits per heavy atom. The molecule has 2 amide bonds. The van der Waals surface area contributed by atoms with Gasteiger partial charge in [0, 0.05) is 23.7 Å². The van der Waals surface area contributed by atoms with Crippen LogP contribution in [0.15, 0.2) is 29.1 Å². The van der Waals surface area contributed by atoms with Crippen molar-refractivity contribution in [2.45, 2.75) is 51.5 Å². The molecule has 0 atom stereocenters. The number of nitrogens with one attached hydrogen (secondary N) is 3. The Morgan fingerprint density at radius 3 is 2.79 bits per heavy atom. The molecule has 24 heavy (non-hydrogen) atoms. The first-order valence-corrected chi connectivity index (χ1v) is 8.79. The molecule has 1 aromatic carbocycles. The number of amides is 2. The predicted molar refractivity (Wildman–Crippen MR) is 96.4 cm³/mol. The van der Waals surface area contributed by atoms with Crippen LogP contribution in [-0.4, -0.2) is 23.6 Å². The zero-order valence-electron chi connectivity index (χ0n) is 14.2. The third kappa shape index (κ3) is 4.16. The first kappa shape index (κ1) is 16.6. The van der Waals surface area contributed by atoms with Gasteiger partial charge in [-0.1, -0.05) is 25.3 Å². The van der Waals surface area contributed by atoms with Crippen LogP contribution < -0.4 is 16.2 Å². The Morgan fingerprint density at radius 2 is 2.00 bits per heavy atom. The van der Waals surface area contributed by atoms with E-state index in [-0.39, 0.29) is 11.6 Å². The Balaban J connectivity index is 1.52. The summed E-state index contributed by atoms with van der Waals surface area (Å²) in [7, 11) is 0. The number of hydrogen-bond donors (Lipinski definition) is 3. The van der Waals surface area contributed by atoms with Gasteiger partial charge < -0.3 is 15.6 Å². The van der Waals surface area contributed by atoms with Crippen LogP contribution in [0.1, 0.15) is 43.2 Å². The highest BCUT2D eigenvalue weighted by Crippen LogP contribution is 2.17. The van der Waals surface area contributed by atoms with E-state index in [0.717, 1.165) is 35.7 Å². The quantitative estimate of drug-likeness (QED) is 0.807. The van der Waals surface area contributed by atoms with Gasteiger partial charge >= 0.3 is 6.03 Å². The second-order valence-corrected chi connectivity index (χ2v) is 6.69. The van der Waals surface area contributed by atoms with Gasteiger partial charge in [0.05, 0.1) is 0 Å². The topological polar surface area (TPSA) is 74.0 Å². The zero-order chi connectivity index (χ0) is 16.9. The zero-order valence-corrected chi connectivity index (χ0v) is 14.2. The molecular formula is C19H25N3O2. The average Bonchev–Trinajstić information content (AvgIpc) is 2.57. The van der Waals surface area contributed by atoms with Crippen molar-refractivity contribution < 1.29 is 4.79 Å². The van der Waals surface area contributed by atoms with E-state index in [0.29, 0.717) is 18.2 Å². The number of carbonyl (C=O) groups is 1. The maximum Gasteiger partial charge on any atom is 0.315 e. The second-order valence-electron chi connectivity index (χ2n) is 6.69. The molecule has 0 saturated heterocycles. The molecule has 2 aromatic rings. The Labute approximate surface area is 141 Å². The van der Waals surface area contributed by atoms with E-state index in [1.54, 1.807) is 0 Å². The van der Waals surface area contributed by atoms with Gasteiger partial charge in [0.1, 0.15) is 0 Å². The van der Waals surface area contributed by atoms with Crippen LogP contribution in [0.4, 0.5) is 4.79 Å². The number of pyridine rings is 1. The van der Waals surface area contributed by atoms with Gasteiger partial charge in [-0.05, 0) is 55.3 Å². The number of urea groups is 1. The SMILES string of the molecule is Cc1cc2cc(CCNC(=O)NC3CCCCC3)ccc2[nH]c1=O. The highest BCUT2D eigenvalue weighted by atomic mass is 16.2. The highest BCUT2D eigenvalue weighted by Gasteiger charge is 2.15. The van der Waals surface area contributed by atoms with E-state index in [1.807, 2.05) is 25.1 Å². The molecule has 5 heteroatoms. The summed E-state index contributed by atoms with van der Waals surface area (Å²) in [6.07, 6.45) is 6.66. The van der Waals surface area contributed by atoms with Crippen LogP contribution in [0.5, 0.6) is 0 Å². The minimum atomic E-state index is -0.0668. The smallest absolute Gasteiger partial charge is 0.315 e. The molecule has 0 bridgehead atoms.